The molecule has 0 radical (unpaired) electrons. The van der Waals surface area contributed by atoms with Crippen molar-refractivity contribution in [1.29, 1.82) is 0 Å². The molecule has 0 N–H and O–H groups in total. The quantitative estimate of drug-likeness (QED) is 0.760. The smallest absolute Gasteiger partial charge is 0.0489 e. The van der Waals surface area contributed by atoms with Crippen molar-refractivity contribution in [3.8, 4) is 0 Å². The van der Waals surface area contributed by atoms with Crippen molar-refractivity contribution in [2.45, 2.75) is 38.3 Å². The van der Waals surface area contributed by atoms with Gasteiger partial charge >= 0.3 is 0 Å². The minimum atomic E-state index is 0.680. The predicted octanol–water partition coefficient (Wildman–Crippen LogP) is 3.81. The standard InChI is InChI=1S/C19H24N2/c1-4-8-21-12-14-10-18-16(9-13(2)11-20(18)3)15-6-5-7-17(21)19(14)15/h4-7,12-13,16,18H,1,8-11H2,2-3H3. The molecule has 110 valence electrons. The lowest BCUT2D eigenvalue weighted by atomic mass is 9.73. The van der Waals surface area contributed by atoms with E-state index in [1.165, 1.54) is 35.9 Å². The van der Waals surface area contributed by atoms with Gasteiger partial charge in [0.25, 0.3) is 0 Å². The number of likely N-dealkylation sites (tertiary alicyclic amines) is 1. The number of nitrogens with zero attached hydrogens (tertiary/aromatic N) is 2. The highest BCUT2D eigenvalue weighted by molar-refractivity contribution is 5.89. The third-order valence-electron chi connectivity index (χ3n) is 5.46. The first-order valence-corrected chi connectivity index (χ1v) is 8.10. The number of fused-ring (bicyclic) bond motifs is 2. The van der Waals surface area contributed by atoms with Crippen LogP contribution in [0.15, 0.2) is 37.1 Å². The van der Waals surface area contributed by atoms with Crippen LogP contribution in [0.2, 0.25) is 0 Å². The van der Waals surface area contributed by atoms with Crippen LogP contribution in [0.5, 0.6) is 0 Å². The Morgan fingerprint density at radius 2 is 2.24 bits per heavy atom. The van der Waals surface area contributed by atoms with Crippen LogP contribution >= 0.6 is 0 Å². The van der Waals surface area contributed by atoms with Gasteiger partial charge in [-0.05, 0) is 43.0 Å². The maximum Gasteiger partial charge on any atom is 0.0489 e. The third kappa shape index (κ3) is 1.89. The zero-order valence-corrected chi connectivity index (χ0v) is 13.0. The van der Waals surface area contributed by atoms with Gasteiger partial charge in [-0.2, -0.15) is 0 Å². The second-order valence-electron chi connectivity index (χ2n) is 7.00. The number of hydrogen-bond donors (Lipinski definition) is 0. The fourth-order valence-electron chi connectivity index (χ4n) is 4.68. The van der Waals surface area contributed by atoms with Crippen LogP contribution in [-0.4, -0.2) is 29.1 Å². The zero-order chi connectivity index (χ0) is 14.6. The Labute approximate surface area is 127 Å². The Balaban J connectivity index is 1.90. The normalized spacial score (nSPS) is 28.6. The lowest BCUT2D eigenvalue weighted by Crippen LogP contribution is -2.47. The molecule has 0 spiro atoms. The minimum absolute atomic E-state index is 0.680. The minimum Gasteiger partial charge on any atom is -0.343 e. The summed E-state index contributed by atoms with van der Waals surface area (Å²) in [5, 5.41) is 1.53. The first kappa shape index (κ1) is 13.1. The van der Waals surface area contributed by atoms with E-state index in [1.807, 2.05) is 6.08 Å². The van der Waals surface area contributed by atoms with Gasteiger partial charge in [-0.3, -0.25) is 0 Å². The van der Waals surface area contributed by atoms with E-state index in [-0.39, 0.29) is 0 Å². The molecule has 1 saturated heterocycles. The average Bonchev–Trinajstić information content (AvgIpc) is 2.81. The molecular formula is C19H24N2. The molecular weight excluding hydrogens is 256 g/mol. The average molecular weight is 280 g/mol. The molecule has 3 unspecified atom stereocenters. The molecule has 2 heterocycles. The van der Waals surface area contributed by atoms with Crippen LogP contribution in [0.25, 0.3) is 10.9 Å². The van der Waals surface area contributed by atoms with Gasteiger partial charge < -0.3 is 9.47 Å². The summed E-state index contributed by atoms with van der Waals surface area (Å²) in [6.07, 6.45) is 6.89. The molecule has 1 fully saturated rings. The Morgan fingerprint density at radius 1 is 1.38 bits per heavy atom. The highest BCUT2D eigenvalue weighted by atomic mass is 15.1. The molecule has 1 aliphatic heterocycles. The van der Waals surface area contributed by atoms with Gasteiger partial charge in [0.15, 0.2) is 0 Å². The Bertz CT molecular complexity index is 697. The van der Waals surface area contributed by atoms with Crippen LogP contribution in [0.1, 0.15) is 30.4 Å². The van der Waals surface area contributed by atoms with Gasteiger partial charge in [-0.1, -0.05) is 25.1 Å². The Kier molecular flexibility index (Phi) is 2.97. The van der Waals surface area contributed by atoms with E-state index in [4.69, 9.17) is 0 Å². The topological polar surface area (TPSA) is 8.17 Å². The Morgan fingerprint density at radius 3 is 3.05 bits per heavy atom. The summed E-state index contributed by atoms with van der Waals surface area (Å²) in [5.41, 5.74) is 4.51. The summed E-state index contributed by atoms with van der Waals surface area (Å²) in [5.74, 6) is 1.50. The van der Waals surface area contributed by atoms with E-state index in [9.17, 15) is 0 Å². The maximum absolute atomic E-state index is 3.90. The van der Waals surface area contributed by atoms with Gasteiger partial charge in [0.05, 0.1) is 0 Å². The molecule has 2 aliphatic rings. The first-order valence-electron chi connectivity index (χ1n) is 8.10. The van der Waals surface area contributed by atoms with Crippen molar-refractivity contribution in [2.75, 3.05) is 13.6 Å². The second-order valence-corrected chi connectivity index (χ2v) is 7.00. The van der Waals surface area contributed by atoms with Crippen LogP contribution in [0, 0.1) is 5.92 Å². The molecule has 2 aromatic rings. The molecule has 0 bridgehead atoms. The molecule has 2 nitrogen and oxygen atoms in total. The van der Waals surface area contributed by atoms with Gasteiger partial charge in [-0.25, -0.2) is 0 Å². The van der Waals surface area contributed by atoms with Crippen molar-refractivity contribution < 1.29 is 0 Å². The summed E-state index contributed by atoms with van der Waals surface area (Å²) >= 11 is 0. The van der Waals surface area contributed by atoms with Crippen molar-refractivity contribution in [2.24, 2.45) is 5.92 Å². The lowest BCUT2D eigenvalue weighted by molar-refractivity contribution is 0.119. The summed E-state index contributed by atoms with van der Waals surface area (Å²) < 4.78 is 2.36. The van der Waals surface area contributed by atoms with Crippen LogP contribution in [0.3, 0.4) is 0 Å². The monoisotopic (exact) mass is 280 g/mol. The molecule has 3 atom stereocenters. The number of aromatic nitrogens is 1. The molecule has 1 aromatic carbocycles. The van der Waals surface area contributed by atoms with E-state index in [0.29, 0.717) is 12.0 Å². The molecule has 1 aliphatic carbocycles. The van der Waals surface area contributed by atoms with Crippen molar-refractivity contribution in [3.63, 3.8) is 0 Å². The number of rotatable bonds is 2. The predicted molar refractivity (Wildman–Crippen MR) is 88.8 cm³/mol. The van der Waals surface area contributed by atoms with Crippen LogP contribution in [0.4, 0.5) is 0 Å². The highest BCUT2D eigenvalue weighted by Crippen LogP contribution is 2.44. The fourth-order valence-corrected chi connectivity index (χ4v) is 4.68. The molecule has 0 amide bonds. The van der Waals surface area contributed by atoms with E-state index < -0.39 is 0 Å². The molecule has 21 heavy (non-hydrogen) atoms. The van der Waals surface area contributed by atoms with E-state index >= 15 is 0 Å². The fraction of sp³-hybridized carbons (Fsp3) is 0.474. The molecule has 2 heteroatoms. The summed E-state index contributed by atoms with van der Waals surface area (Å²) in [7, 11) is 2.30. The van der Waals surface area contributed by atoms with E-state index in [0.717, 1.165) is 12.5 Å². The SMILES string of the molecule is C=CCn1cc2c3c(cccc31)C1CC(C)CN(C)C1C2. The number of benzene rings is 1. The zero-order valence-electron chi connectivity index (χ0n) is 13.0. The summed E-state index contributed by atoms with van der Waals surface area (Å²) in [4.78, 5) is 2.59. The van der Waals surface area contributed by atoms with Crippen LogP contribution in [-0.2, 0) is 13.0 Å². The van der Waals surface area contributed by atoms with E-state index in [1.54, 1.807) is 5.56 Å². The summed E-state index contributed by atoms with van der Waals surface area (Å²) in [6.45, 7) is 8.44. The first-order chi connectivity index (χ1) is 10.2. The highest BCUT2D eigenvalue weighted by Gasteiger charge is 2.38. The lowest BCUT2D eigenvalue weighted by Gasteiger charge is -2.44. The van der Waals surface area contributed by atoms with Gasteiger partial charge in [-0.15, -0.1) is 6.58 Å². The van der Waals surface area contributed by atoms with E-state index in [2.05, 4.69) is 54.4 Å². The van der Waals surface area contributed by atoms with Gasteiger partial charge in [0, 0.05) is 42.1 Å². The number of likely N-dealkylation sites (N-methyl/N-ethyl adjacent to an activating group) is 1. The largest absolute Gasteiger partial charge is 0.343 e. The van der Waals surface area contributed by atoms with Crippen molar-refractivity contribution >= 4 is 10.9 Å². The number of allylic oxidation sites excluding steroid dienone is 1. The molecule has 0 saturated carbocycles. The van der Waals surface area contributed by atoms with Crippen molar-refractivity contribution in [3.05, 3.63) is 48.2 Å². The van der Waals surface area contributed by atoms with Gasteiger partial charge in [0.1, 0.15) is 0 Å². The van der Waals surface area contributed by atoms with Crippen molar-refractivity contribution in [1.82, 2.24) is 9.47 Å². The van der Waals surface area contributed by atoms with Gasteiger partial charge in [0.2, 0.25) is 0 Å². The third-order valence-corrected chi connectivity index (χ3v) is 5.46. The molecule has 1 aromatic heterocycles. The summed E-state index contributed by atoms with van der Waals surface area (Å²) in [6, 6.07) is 7.55. The molecule has 4 rings (SSSR count). The number of piperidine rings is 1. The second kappa shape index (κ2) is 4.74. The number of hydrogen-bond acceptors (Lipinski definition) is 1. The van der Waals surface area contributed by atoms with Crippen LogP contribution < -0.4 is 0 Å². The Hall–Kier alpha value is -1.54. The maximum atomic E-state index is 3.90.